The number of benzene rings is 2. The number of unbranched alkanes of at least 4 members (excludes halogenated alkanes) is 1. The van der Waals surface area contributed by atoms with Gasteiger partial charge in [0.25, 0.3) is 0 Å². The number of methoxy groups -OCH3 is 2. The molecule has 0 heterocycles. The Labute approximate surface area is 243 Å². The number of hydrogen-bond donors (Lipinski definition) is 0. The third-order valence-electron chi connectivity index (χ3n) is 8.00. The molecule has 0 spiro atoms. The summed E-state index contributed by atoms with van der Waals surface area (Å²) in [6.45, 7) is 7.54. The second kappa shape index (κ2) is 14.0. The normalized spacial score (nSPS) is 14.2. The summed E-state index contributed by atoms with van der Waals surface area (Å²) < 4.78 is 22.2. The number of rotatable bonds is 13. The maximum absolute atomic E-state index is 13.7. The maximum atomic E-state index is 13.7. The first-order chi connectivity index (χ1) is 19.5. The topological polar surface area (TPSA) is 94.6 Å². The van der Waals surface area contributed by atoms with Crippen molar-refractivity contribution in [3.05, 3.63) is 59.7 Å². The van der Waals surface area contributed by atoms with Gasteiger partial charge < -0.3 is 23.8 Å². The highest BCUT2D eigenvalue weighted by Crippen LogP contribution is 2.44. The van der Waals surface area contributed by atoms with E-state index in [1.54, 1.807) is 20.8 Å². The fourth-order valence-electron chi connectivity index (χ4n) is 5.63. The van der Waals surface area contributed by atoms with Crippen molar-refractivity contribution in [2.45, 2.75) is 64.8 Å². The Morgan fingerprint density at radius 2 is 1.41 bits per heavy atom. The molecule has 0 fully saturated rings. The van der Waals surface area contributed by atoms with Gasteiger partial charge in [-0.05, 0) is 35.6 Å². The number of esters is 1. The van der Waals surface area contributed by atoms with E-state index in [0.29, 0.717) is 6.42 Å². The van der Waals surface area contributed by atoms with Crippen LogP contribution in [0.2, 0.25) is 0 Å². The van der Waals surface area contributed by atoms with Crippen LogP contribution in [-0.2, 0) is 28.5 Å². The molecule has 0 aromatic heterocycles. The molecule has 1 aliphatic rings. The lowest BCUT2D eigenvalue weighted by molar-refractivity contribution is -0.199. The van der Waals surface area contributed by atoms with E-state index >= 15 is 0 Å². The highest BCUT2D eigenvalue weighted by atomic mass is 16.7. The minimum absolute atomic E-state index is 0.100. The molecule has 0 unspecified atom stereocenters. The van der Waals surface area contributed by atoms with Crippen LogP contribution in [0.1, 0.15) is 57.6 Å². The van der Waals surface area contributed by atoms with Gasteiger partial charge in [-0.1, -0.05) is 75.7 Å². The van der Waals surface area contributed by atoms with Gasteiger partial charge in [0.05, 0.1) is 6.61 Å². The van der Waals surface area contributed by atoms with Gasteiger partial charge >= 0.3 is 12.1 Å². The van der Waals surface area contributed by atoms with Crippen LogP contribution >= 0.6 is 0 Å². The van der Waals surface area contributed by atoms with Crippen LogP contribution in [0.5, 0.6) is 0 Å². The Balaban J connectivity index is 1.74. The molecule has 2 aromatic rings. The van der Waals surface area contributed by atoms with E-state index in [4.69, 9.17) is 18.9 Å². The Morgan fingerprint density at radius 3 is 1.93 bits per heavy atom. The number of ether oxygens (including phenoxy) is 4. The molecule has 0 saturated carbocycles. The molecule has 41 heavy (non-hydrogen) atoms. The lowest BCUT2D eigenvalue weighted by Gasteiger charge is -2.42. The minimum atomic E-state index is -1.03. The predicted molar refractivity (Wildman–Crippen MR) is 156 cm³/mol. The molecule has 0 N–H and O–H groups in total. The average Bonchev–Trinajstić information content (AvgIpc) is 3.28. The largest absolute Gasteiger partial charge is 0.464 e. The van der Waals surface area contributed by atoms with Gasteiger partial charge in [-0.15, -0.1) is 0 Å². The SMILES string of the molecule is CCCCOC(=O)[C@@H](N(C)C(=O)[C@@H](C)N(C)C(=O)OCC1c2ccccc2-c2ccccc21)C(C)(C)C(OC)OC. The predicted octanol–water partition coefficient (Wildman–Crippen LogP) is 5.07. The minimum Gasteiger partial charge on any atom is -0.464 e. The first kappa shape index (κ1) is 32.1. The molecule has 0 saturated heterocycles. The first-order valence-electron chi connectivity index (χ1n) is 14.1. The van der Waals surface area contributed by atoms with E-state index in [-0.39, 0.29) is 19.1 Å². The molecule has 9 heteroatoms. The van der Waals surface area contributed by atoms with Crippen LogP contribution in [-0.4, -0.2) is 87.7 Å². The summed E-state index contributed by atoms with van der Waals surface area (Å²) in [5, 5.41) is 0. The Kier molecular flexibility index (Phi) is 10.9. The standard InChI is InChI=1S/C32H44N2O7/c1-9-10-19-40-29(36)27(32(3,4)30(38-7)39-8)34(6)28(35)21(2)33(5)31(37)41-20-26-24-17-13-11-15-22(24)23-16-12-14-18-25(23)26/h11-18,21,26-27,30H,9-10,19-20H2,1-8H3/t21-,27-/m1/s1. The summed E-state index contributed by atoms with van der Waals surface area (Å²) in [5.74, 6) is -1.11. The van der Waals surface area contributed by atoms with Gasteiger partial charge in [0.15, 0.2) is 6.29 Å². The molecule has 224 valence electrons. The summed E-state index contributed by atoms with van der Waals surface area (Å²) >= 11 is 0. The number of hydrogen-bond acceptors (Lipinski definition) is 7. The number of fused-ring (bicyclic) bond motifs is 3. The smallest absolute Gasteiger partial charge is 0.410 e. The number of carbonyl (C=O) groups excluding carboxylic acids is 3. The average molecular weight is 569 g/mol. The summed E-state index contributed by atoms with van der Waals surface area (Å²) in [6.07, 6.45) is 0.137. The molecule has 2 amide bonds. The van der Waals surface area contributed by atoms with Crippen molar-refractivity contribution >= 4 is 18.0 Å². The van der Waals surface area contributed by atoms with Crippen molar-refractivity contribution in [2.24, 2.45) is 5.41 Å². The first-order valence-corrected chi connectivity index (χ1v) is 14.1. The third kappa shape index (κ3) is 6.73. The van der Waals surface area contributed by atoms with Gasteiger partial charge in [0.1, 0.15) is 18.7 Å². The number of amides is 2. The third-order valence-corrected chi connectivity index (χ3v) is 8.00. The maximum Gasteiger partial charge on any atom is 0.410 e. The number of carbonyl (C=O) groups is 3. The Bertz CT molecular complexity index is 1160. The van der Waals surface area contributed by atoms with E-state index < -0.39 is 41.8 Å². The second-order valence-corrected chi connectivity index (χ2v) is 11.1. The fourth-order valence-corrected chi connectivity index (χ4v) is 5.63. The van der Waals surface area contributed by atoms with Crippen molar-refractivity contribution in [3.63, 3.8) is 0 Å². The quantitative estimate of drug-likeness (QED) is 0.189. The van der Waals surface area contributed by atoms with Gasteiger partial charge in [-0.3, -0.25) is 9.69 Å². The summed E-state index contributed by atoms with van der Waals surface area (Å²) in [4.78, 5) is 42.7. The lowest BCUT2D eigenvalue weighted by Crippen LogP contribution is -2.59. The van der Waals surface area contributed by atoms with Gasteiger partial charge in [-0.25, -0.2) is 9.59 Å². The van der Waals surface area contributed by atoms with E-state index in [2.05, 4.69) is 12.1 Å². The Morgan fingerprint density at radius 1 is 0.878 bits per heavy atom. The molecule has 2 atom stereocenters. The van der Waals surface area contributed by atoms with Crippen LogP contribution in [0, 0.1) is 5.41 Å². The molecule has 0 bridgehead atoms. The molecular formula is C32H44N2O7. The molecular weight excluding hydrogens is 524 g/mol. The van der Waals surface area contributed by atoms with Crippen LogP contribution in [0.4, 0.5) is 4.79 Å². The molecule has 2 aromatic carbocycles. The van der Waals surface area contributed by atoms with E-state index in [0.717, 1.165) is 28.7 Å². The highest BCUT2D eigenvalue weighted by Gasteiger charge is 2.48. The number of likely N-dealkylation sites (N-methyl/N-ethyl adjacent to an activating group) is 2. The molecule has 0 aliphatic heterocycles. The van der Waals surface area contributed by atoms with E-state index in [1.807, 2.05) is 43.3 Å². The van der Waals surface area contributed by atoms with E-state index in [1.165, 1.54) is 38.1 Å². The van der Waals surface area contributed by atoms with Crippen LogP contribution < -0.4 is 0 Å². The van der Waals surface area contributed by atoms with E-state index in [9.17, 15) is 14.4 Å². The zero-order chi connectivity index (χ0) is 30.3. The summed E-state index contributed by atoms with van der Waals surface area (Å²) in [6, 6.07) is 14.2. The fraction of sp³-hybridized carbons (Fsp3) is 0.531. The van der Waals surface area contributed by atoms with Gasteiger partial charge in [-0.2, -0.15) is 0 Å². The zero-order valence-electron chi connectivity index (χ0n) is 25.5. The monoisotopic (exact) mass is 568 g/mol. The second-order valence-electron chi connectivity index (χ2n) is 11.1. The highest BCUT2D eigenvalue weighted by molar-refractivity contribution is 5.89. The van der Waals surface area contributed by atoms with Crippen LogP contribution in [0.25, 0.3) is 11.1 Å². The van der Waals surface area contributed by atoms with Crippen LogP contribution in [0.3, 0.4) is 0 Å². The van der Waals surface area contributed by atoms with Crippen LogP contribution in [0.15, 0.2) is 48.5 Å². The van der Waals surface area contributed by atoms with Crippen molar-refractivity contribution in [1.29, 1.82) is 0 Å². The lowest BCUT2D eigenvalue weighted by atomic mass is 9.82. The van der Waals surface area contributed by atoms with Crippen molar-refractivity contribution < 1.29 is 33.3 Å². The molecule has 0 radical (unpaired) electrons. The summed E-state index contributed by atoms with van der Waals surface area (Å²) in [7, 11) is 6.00. The van der Waals surface area contributed by atoms with Crippen molar-refractivity contribution in [3.8, 4) is 11.1 Å². The molecule has 3 rings (SSSR count). The van der Waals surface area contributed by atoms with Gasteiger partial charge in [0.2, 0.25) is 5.91 Å². The van der Waals surface area contributed by atoms with Crippen molar-refractivity contribution in [1.82, 2.24) is 9.80 Å². The molecule has 9 nitrogen and oxygen atoms in total. The number of nitrogens with zero attached hydrogens (tertiary/aromatic N) is 2. The summed E-state index contributed by atoms with van der Waals surface area (Å²) in [5.41, 5.74) is 3.50. The zero-order valence-corrected chi connectivity index (χ0v) is 25.5. The van der Waals surface area contributed by atoms with Gasteiger partial charge in [0, 0.05) is 39.6 Å². The Hall–Kier alpha value is -3.43. The molecule has 1 aliphatic carbocycles. The van der Waals surface area contributed by atoms with Crippen molar-refractivity contribution in [2.75, 3.05) is 41.5 Å².